The molecule has 7 nitrogen and oxygen atoms in total. The van der Waals surface area contributed by atoms with Gasteiger partial charge in [0, 0.05) is 6.07 Å². The van der Waals surface area contributed by atoms with Crippen LogP contribution >= 0.6 is 24.0 Å². The molecule has 0 spiro atoms. The predicted octanol–water partition coefficient (Wildman–Crippen LogP) is 3.85. The fourth-order valence-electron chi connectivity index (χ4n) is 2.56. The van der Waals surface area contributed by atoms with Crippen LogP contribution in [0.15, 0.2) is 41.3 Å². The smallest absolute Gasteiger partial charge is 0.326 e. The number of hydrogen-bond acceptors (Lipinski definition) is 6. The second kappa shape index (κ2) is 8.92. The number of allylic oxidation sites excluding steroid dienone is 2. The minimum absolute atomic E-state index is 0.0439. The molecule has 0 aromatic heterocycles. The molecule has 27 heavy (non-hydrogen) atoms. The molecule has 1 aliphatic heterocycles. The van der Waals surface area contributed by atoms with Gasteiger partial charge in [-0.2, -0.15) is 0 Å². The topological polar surface area (TPSA) is 101 Å². The van der Waals surface area contributed by atoms with Crippen LogP contribution in [-0.2, 0) is 9.59 Å². The number of carbonyl (C=O) groups is 2. The molecule has 1 aliphatic rings. The summed E-state index contributed by atoms with van der Waals surface area (Å²) in [5.74, 6) is -1.49. The maximum absolute atomic E-state index is 12.6. The average Bonchev–Trinajstić information content (AvgIpc) is 2.86. The Bertz CT molecular complexity index is 848. The first-order chi connectivity index (χ1) is 12.7. The number of thioether (sulfide) groups is 1. The van der Waals surface area contributed by atoms with Crippen LogP contribution in [-0.4, -0.2) is 37.2 Å². The van der Waals surface area contributed by atoms with E-state index in [0.29, 0.717) is 12.0 Å². The van der Waals surface area contributed by atoms with Crippen LogP contribution in [0.25, 0.3) is 6.08 Å². The second-order valence-corrected chi connectivity index (χ2v) is 7.91. The molecule has 1 fully saturated rings. The third-order valence-electron chi connectivity index (χ3n) is 3.77. The lowest BCUT2D eigenvalue weighted by atomic mass is 10.0. The molecule has 1 saturated heterocycles. The van der Waals surface area contributed by atoms with Gasteiger partial charge in [-0.1, -0.05) is 56.0 Å². The van der Waals surface area contributed by atoms with Crippen LogP contribution in [0.1, 0.15) is 25.8 Å². The Kier molecular flexibility index (Phi) is 6.86. The zero-order valence-corrected chi connectivity index (χ0v) is 16.3. The van der Waals surface area contributed by atoms with Crippen molar-refractivity contribution in [3.8, 4) is 0 Å². The van der Waals surface area contributed by atoms with Gasteiger partial charge < -0.3 is 5.11 Å². The summed E-state index contributed by atoms with van der Waals surface area (Å²) in [4.78, 5) is 36.1. The van der Waals surface area contributed by atoms with E-state index in [9.17, 15) is 24.8 Å². The number of carboxylic acid groups (broad SMARTS) is 1. The first-order valence-electron chi connectivity index (χ1n) is 8.12. The van der Waals surface area contributed by atoms with E-state index in [0.717, 1.165) is 16.7 Å². The van der Waals surface area contributed by atoms with E-state index in [2.05, 4.69) is 0 Å². The highest BCUT2D eigenvalue weighted by Gasteiger charge is 2.40. The number of para-hydroxylation sites is 1. The molecule has 1 unspecified atom stereocenters. The number of carbonyl (C=O) groups excluding carboxylic acids is 1. The summed E-state index contributed by atoms with van der Waals surface area (Å²) < 4.78 is 0.193. The van der Waals surface area contributed by atoms with Gasteiger partial charge >= 0.3 is 5.97 Å². The third kappa shape index (κ3) is 5.01. The lowest BCUT2D eigenvalue weighted by Crippen LogP contribution is -2.44. The minimum atomic E-state index is -1.10. The molecule has 9 heteroatoms. The number of rotatable bonds is 7. The summed E-state index contributed by atoms with van der Waals surface area (Å²) in [7, 11) is 0. The van der Waals surface area contributed by atoms with Crippen LogP contribution in [0, 0.1) is 16.0 Å². The first-order valence-corrected chi connectivity index (χ1v) is 9.34. The molecule has 1 heterocycles. The molecular formula is C18H18N2O5S2. The fourth-order valence-corrected chi connectivity index (χ4v) is 3.87. The van der Waals surface area contributed by atoms with E-state index in [1.165, 1.54) is 24.3 Å². The van der Waals surface area contributed by atoms with Crippen molar-refractivity contribution in [2.75, 3.05) is 0 Å². The van der Waals surface area contributed by atoms with E-state index in [4.69, 9.17) is 12.2 Å². The maximum atomic E-state index is 12.6. The lowest BCUT2D eigenvalue weighted by Gasteiger charge is -2.24. The number of aliphatic carboxylic acids is 1. The van der Waals surface area contributed by atoms with Crippen molar-refractivity contribution >= 4 is 51.9 Å². The van der Waals surface area contributed by atoms with Crippen LogP contribution < -0.4 is 0 Å². The number of benzene rings is 1. The van der Waals surface area contributed by atoms with Gasteiger partial charge in [-0.3, -0.25) is 19.8 Å². The molecule has 0 radical (unpaired) electrons. The van der Waals surface area contributed by atoms with Crippen LogP contribution in [0.2, 0.25) is 0 Å². The van der Waals surface area contributed by atoms with Gasteiger partial charge in [-0.05, 0) is 30.6 Å². The molecular weight excluding hydrogens is 388 g/mol. The number of nitro groups is 1. The molecule has 0 saturated carbocycles. The van der Waals surface area contributed by atoms with E-state index in [1.807, 2.05) is 13.8 Å². The number of thiocarbonyl (C=S) groups is 1. The summed E-state index contributed by atoms with van der Waals surface area (Å²) in [6.45, 7) is 3.75. The minimum Gasteiger partial charge on any atom is -0.480 e. The summed E-state index contributed by atoms with van der Waals surface area (Å²) >= 11 is 6.21. The van der Waals surface area contributed by atoms with Crippen LogP contribution in [0.4, 0.5) is 5.69 Å². The van der Waals surface area contributed by atoms with Crippen molar-refractivity contribution in [3.63, 3.8) is 0 Å². The van der Waals surface area contributed by atoms with Crippen molar-refractivity contribution in [2.45, 2.75) is 26.3 Å². The number of amides is 1. The normalized spacial score (nSPS) is 17.3. The number of carboxylic acids is 1. The van der Waals surface area contributed by atoms with Gasteiger partial charge in [-0.25, -0.2) is 4.79 Å². The molecule has 142 valence electrons. The Hall–Kier alpha value is -2.52. The van der Waals surface area contributed by atoms with Crippen molar-refractivity contribution in [2.24, 2.45) is 5.92 Å². The fraction of sp³-hybridized carbons (Fsp3) is 0.278. The molecule has 1 amide bonds. The Morgan fingerprint density at radius 1 is 1.41 bits per heavy atom. The van der Waals surface area contributed by atoms with E-state index in [1.54, 1.807) is 18.2 Å². The highest BCUT2D eigenvalue weighted by molar-refractivity contribution is 8.26. The average molecular weight is 406 g/mol. The van der Waals surface area contributed by atoms with E-state index in [-0.39, 0.29) is 20.8 Å². The monoisotopic (exact) mass is 406 g/mol. The van der Waals surface area contributed by atoms with Gasteiger partial charge in [0.1, 0.15) is 10.4 Å². The Labute approximate surface area is 165 Å². The Balaban J connectivity index is 2.23. The van der Waals surface area contributed by atoms with Crippen molar-refractivity contribution in [3.05, 3.63) is 57.0 Å². The first kappa shape index (κ1) is 20.8. The summed E-state index contributed by atoms with van der Waals surface area (Å²) in [5.41, 5.74) is 0.357. The molecule has 1 aromatic carbocycles. The van der Waals surface area contributed by atoms with Crippen molar-refractivity contribution in [1.82, 2.24) is 4.90 Å². The quantitative estimate of drug-likeness (QED) is 0.318. The number of nitrogens with zero attached hydrogens (tertiary/aromatic N) is 2. The zero-order chi connectivity index (χ0) is 20.1. The molecule has 0 bridgehead atoms. The SMILES string of the molecule is CC(C)CC(C(=O)O)N1C(=O)/C(=C/C=C/c2ccccc2[N+](=O)[O-])SC1=S. The van der Waals surface area contributed by atoms with Crippen LogP contribution in [0.3, 0.4) is 0 Å². The third-order valence-corrected chi connectivity index (χ3v) is 5.12. The number of hydrogen-bond donors (Lipinski definition) is 1. The molecule has 0 aliphatic carbocycles. The summed E-state index contributed by atoms with van der Waals surface area (Å²) in [6.07, 6.45) is 4.83. The van der Waals surface area contributed by atoms with Gasteiger partial charge in [0.05, 0.1) is 15.4 Å². The largest absolute Gasteiger partial charge is 0.480 e. The van der Waals surface area contributed by atoms with E-state index >= 15 is 0 Å². The molecule has 1 atom stereocenters. The highest BCUT2D eigenvalue weighted by atomic mass is 32.2. The predicted molar refractivity (Wildman–Crippen MR) is 108 cm³/mol. The zero-order valence-electron chi connectivity index (χ0n) is 14.7. The molecule has 1 N–H and O–H groups in total. The van der Waals surface area contributed by atoms with Crippen molar-refractivity contribution in [1.29, 1.82) is 0 Å². The standard InChI is InChI=1S/C18H18N2O5S2/c1-11(2)10-14(17(22)23)19-16(21)15(27-18(19)26)9-5-7-12-6-3-4-8-13(12)20(24)25/h3-9,11,14H,10H2,1-2H3,(H,22,23)/b7-5+,15-9-. The molecule has 1 aromatic rings. The van der Waals surface area contributed by atoms with Gasteiger partial charge in [0.15, 0.2) is 0 Å². The second-order valence-electron chi connectivity index (χ2n) is 6.23. The van der Waals surface area contributed by atoms with Gasteiger partial charge in [-0.15, -0.1) is 0 Å². The summed E-state index contributed by atoms with van der Waals surface area (Å²) in [6, 6.07) is 5.22. The van der Waals surface area contributed by atoms with Gasteiger partial charge in [0.2, 0.25) is 0 Å². The maximum Gasteiger partial charge on any atom is 0.326 e. The van der Waals surface area contributed by atoms with Crippen molar-refractivity contribution < 1.29 is 19.6 Å². The van der Waals surface area contributed by atoms with Crippen LogP contribution in [0.5, 0.6) is 0 Å². The Morgan fingerprint density at radius 3 is 2.67 bits per heavy atom. The molecule has 2 rings (SSSR count). The highest BCUT2D eigenvalue weighted by Crippen LogP contribution is 2.34. The summed E-state index contributed by atoms with van der Waals surface area (Å²) in [5, 5.41) is 20.5. The lowest BCUT2D eigenvalue weighted by molar-refractivity contribution is -0.385. The number of nitro benzene ring substituents is 1. The van der Waals surface area contributed by atoms with Gasteiger partial charge in [0.25, 0.3) is 11.6 Å². The Morgan fingerprint density at radius 2 is 2.07 bits per heavy atom. The van der Waals surface area contributed by atoms with E-state index < -0.39 is 22.8 Å².